The molecule has 0 bridgehead atoms. The average molecular weight is 423 g/mol. The Bertz CT molecular complexity index is 1040. The molecule has 0 aliphatic heterocycles. The van der Waals surface area contributed by atoms with Crippen molar-refractivity contribution in [3.8, 4) is 0 Å². The van der Waals surface area contributed by atoms with Crippen LogP contribution >= 0.6 is 0 Å². The zero-order valence-corrected chi connectivity index (χ0v) is 17.8. The first-order chi connectivity index (χ1) is 13.3. The molecule has 0 atom stereocenters. The minimum atomic E-state index is -3.62. The lowest BCUT2D eigenvalue weighted by atomic mass is 10.1. The van der Waals surface area contributed by atoms with Gasteiger partial charge in [0.05, 0.1) is 9.79 Å². The van der Waals surface area contributed by atoms with E-state index in [9.17, 15) is 16.8 Å². The summed E-state index contributed by atoms with van der Waals surface area (Å²) in [4.78, 5) is 0.482. The highest BCUT2D eigenvalue weighted by atomic mass is 32.2. The normalized spacial score (nSPS) is 14.4. The van der Waals surface area contributed by atoms with E-state index < -0.39 is 20.0 Å². The van der Waals surface area contributed by atoms with E-state index >= 15 is 0 Å². The fraction of sp³-hybridized carbons (Fsp3) is 0.400. The van der Waals surface area contributed by atoms with Gasteiger partial charge < -0.3 is 0 Å². The fourth-order valence-corrected chi connectivity index (χ4v) is 5.99. The van der Waals surface area contributed by atoms with Crippen LogP contribution in [-0.4, -0.2) is 34.2 Å². The maximum atomic E-state index is 12.6. The third kappa shape index (κ3) is 4.30. The second-order valence-corrected chi connectivity index (χ2v) is 10.5. The molecule has 152 valence electrons. The minimum absolute atomic E-state index is 0.102. The summed E-state index contributed by atoms with van der Waals surface area (Å²) in [5, 5.41) is 0. The standard InChI is InChI=1S/C20H26N2O4S2/c1-3-22(4-2)28(25,26)19-11-8-16(9-12-19)15-21-27(23,24)20-13-10-17-6-5-7-18(17)14-20/h8-14,21H,3-7,15H2,1-2H3. The lowest BCUT2D eigenvalue weighted by Gasteiger charge is -2.18. The van der Waals surface area contributed by atoms with Crippen molar-refractivity contribution >= 4 is 20.0 Å². The molecule has 2 aromatic rings. The van der Waals surface area contributed by atoms with Gasteiger partial charge in [-0.2, -0.15) is 4.31 Å². The zero-order chi connectivity index (χ0) is 20.4. The maximum Gasteiger partial charge on any atom is 0.243 e. The van der Waals surface area contributed by atoms with Gasteiger partial charge in [0, 0.05) is 19.6 Å². The van der Waals surface area contributed by atoms with Crippen molar-refractivity contribution in [2.24, 2.45) is 0 Å². The van der Waals surface area contributed by atoms with Gasteiger partial charge >= 0.3 is 0 Å². The van der Waals surface area contributed by atoms with Crippen molar-refractivity contribution in [2.45, 2.75) is 49.4 Å². The quantitative estimate of drug-likeness (QED) is 0.709. The van der Waals surface area contributed by atoms with Gasteiger partial charge in [0.2, 0.25) is 20.0 Å². The maximum absolute atomic E-state index is 12.6. The number of nitrogens with one attached hydrogen (secondary N) is 1. The molecule has 0 fully saturated rings. The Kier molecular flexibility index (Phi) is 6.24. The molecule has 3 rings (SSSR count). The van der Waals surface area contributed by atoms with Gasteiger partial charge in [-0.25, -0.2) is 21.6 Å². The number of nitrogens with zero attached hydrogens (tertiary/aromatic N) is 1. The van der Waals surface area contributed by atoms with Crippen LogP contribution in [0.3, 0.4) is 0 Å². The number of benzene rings is 2. The second-order valence-electron chi connectivity index (χ2n) is 6.84. The van der Waals surface area contributed by atoms with Crippen molar-refractivity contribution in [3.05, 3.63) is 59.2 Å². The van der Waals surface area contributed by atoms with E-state index in [0.717, 1.165) is 24.8 Å². The fourth-order valence-electron chi connectivity index (χ4n) is 3.47. The Balaban J connectivity index is 1.71. The molecule has 0 aromatic heterocycles. The molecule has 0 amide bonds. The Hall–Kier alpha value is -1.74. The molecule has 8 heteroatoms. The van der Waals surface area contributed by atoms with Crippen LogP contribution in [0.1, 0.15) is 37.0 Å². The number of hydrogen-bond donors (Lipinski definition) is 1. The van der Waals surface area contributed by atoms with Crippen molar-refractivity contribution < 1.29 is 16.8 Å². The van der Waals surface area contributed by atoms with Crippen LogP contribution in [0, 0.1) is 0 Å². The van der Waals surface area contributed by atoms with Gasteiger partial charge in [-0.3, -0.25) is 0 Å². The molecule has 1 aliphatic carbocycles. The van der Waals surface area contributed by atoms with Crippen LogP contribution < -0.4 is 4.72 Å². The van der Waals surface area contributed by atoms with Crippen LogP contribution in [0.25, 0.3) is 0 Å². The number of aryl methyl sites for hydroxylation is 2. The summed E-state index contributed by atoms with van der Waals surface area (Å²) in [6.45, 7) is 4.50. The van der Waals surface area contributed by atoms with E-state index in [2.05, 4.69) is 4.72 Å². The minimum Gasteiger partial charge on any atom is -0.207 e. The van der Waals surface area contributed by atoms with Crippen LogP contribution in [0.5, 0.6) is 0 Å². The molecule has 0 spiro atoms. The predicted molar refractivity (Wildman–Crippen MR) is 109 cm³/mol. The summed E-state index contributed by atoms with van der Waals surface area (Å²) in [5.41, 5.74) is 3.03. The van der Waals surface area contributed by atoms with Gasteiger partial charge in [0.15, 0.2) is 0 Å². The third-order valence-electron chi connectivity index (χ3n) is 5.11. The van der Waals surface area contributed by atoms with Crippen molar-refractivity contribution in [2.75, 3.05) is 13.1 Å². The molecule has 0 heterocycles. The largest absolute Gasteiger partial charge is 0.243 e. The monoisotopic (exact) mass is 422 g/mol. The van der Waals surface area contributed by atoms with E-state index in [1.165, 1.54) is 22.0 Å². The molecule has 0 saturated carbocycles. The number of hydrogen-bond acceptors (Lipinski definition) is 4. The lowest BCUT2D eigenvalue weighted by Crippen LogP contribution is -2.30. The smallest absolute Gasteiger partial charge is 0.207 e. The topological polar surface area (TPSA) is 83.6 Å². The molecule has 0 radical (unpaired) electrons. The summed E-state index contributed by atoms with van der Waals surface area (Å²) in [6, 6.07) is 11.6. The van der Waals surface area contributed by atoms with Crippen LogP contribution in [-0.2, 0) is 39.4 Å². The van der Waals surface area contributed by atoms with Crippen LogP contribution in [0.4, 0.5) is 0 Å². The molecule has 0 unspecified atom stereocenters. The molecule has 28 heavy (non-hydrogen) atoms. The second kappa shape index (κ2) is 8.32. The molecular formula is C20H26N2O4S2. The van der Waals surface area contributed by atoms with E-state index in [1.54, 1.807) is 38.1 Å². The summed E-state index contributed by atoms with van der Waals surface area (Å²) < 4.78 is 54.2. The zero-order valence-electron chi connectivity index (χ0n) is 16.2. The number of sulfonamides is 2. The summed E-state index contributed by atoms with van der Waals surface area (Å²) in [7, 11) is -7.13. The Morgan fingerprint density at radius 3 is 2.11 bits per heavy atom. The van der Waals surface area contributed by atoms with Gasteiger partial charge in [-0.05, 0) is 60.2 Å². The highest BCUT2D eigenvalue weighted by Gasteiger charge is 2.22. The Morgan fingerprint density at radius 1 is 0.857 bits per heavy atom. The summed E-state index contributed by atoms with van der Waals surface area (Å²) in [6.07, 6.45) is 2.99. The first-order valence-electron chi connectivity index (χ1n) is 9.48. The van der Waals surface area contributed by atoms with Crippen molar-refractivity contribution in [3.63, 3.8) is 0 Å². The Morgan fingerprint density at radius 2 is 1.46 bits per heavy atom. The average Bonchev–Trinajstić information content (AvgIpc) is 3.15. The summed E-state index contributed by atoms with van der Waals surface area (Å²) >= 11 is 0. The van der Waals surface area contributed by atoms with Crippen molar-refractivity contribution in [1.82, 2.24) is 9.03 Å². The van der Waals surface area contributed by atoms with Gasteiger partial charge in [0.1, 0.15) is 0 Å². The Labute approximate surface area is 167 Å². The number of fused-ring (bicyclic) bond motifs is 1. The van der Waals surface area contributed by atoms with E-state index in [4.69, 9.17) is 0 Å². The first kappa shape index (κ1) is 21.0. The lowest BCUT2D eigenvalue weighted by molar-refractivity contribution is 0.445. The highest BCUT2D eigenvalue weighted by molar-refractivity contribution is 7.89. The summed E-state index contributed by atoms with van der Waals surface area (Å²) in [5.74, 6) is 0. The molecule has 0 saturated heterocycles. The number of rotatable bonds is 8. The predicted octanol–water partition coefficient (Wildman–Crippen LogP) is 2.68. The van der Waals surface area contributed by atoms with Crippen molar-refractivity contribution in [1.29, 1.82) is 0 Å². The first-order valence-corrected chi connectivity index (χ1v) is 12.4. The molecular weight excluding hydrogens is 396 g/mol. The molecule has 1 aliphatic rings. The highest BCUT2D eigenvalue weighted by Crippen LogP contribution is 2.25. The van der Waals surface area contributed by atoms with Gasteiger partial charge in [0.25, 0.3) is 0 Å². The molecule has 2 aromatic carbocycles. The van der Waals surface area contributed by atoms with Crippen LogP contribution in [0.2, 0.25) is 0 Å². The van der Waals surface area contributed by atoms with E-state index in [0.29, 0.717) is 18.7 Å². The molecule has 1 N–H and O–H groups in total. The van der Waals surface area contributed by atoms with Gasteiger partial charge in [-0.15, -0.1) is 0 Å². The van der Waals surface area contributed by atoms with Gasteiger partial charge in [-0.1, -0.05) is 32.0 Å². The van der Waals surface area contributed by atoms with Crippen LogP contribution in [0.15, 0.2) is 52.3 Å². The SMILES string of the molecule is CCN(CC)S(=O)(=O)c1ccc(CNS(=O)(=O)c2ccc3c(c2)CCC3)cc1. The van der Waals surface area contributed by atoms with E-state index in [-0.39, 0.29) is 16.3 Å². The molecule has 6 nitrogen and oxygen atoms in total. The van der Waals surface area contributed by atoms with E-state index in [1.807, 2.05) is 6.07 Å². The third-order valence-corrected chi connectivity index (χ3v) is 8.58.